The summed E-state index contributed by atoms with van der Waals surface area (Å²) in [5, 5.41) is 56.1. The van der Waals surface area contributed by atoms with E-state index in [0.717, 1.165) is 6.21 Å². The zero-order chi connectivity index (χ0) is 23.3. The molecule has 3 rings (SSSR count). The molecule has 1 aliphatic rings. The summed E-state index contributed by atoms with van der Waals surface area (Å²) in [4.78, 5) is 24.7. The molecule has 2 aromatic heterocycles. The molecule has 0 radical (unpaired) electrons. The summed E-state index contributed by atoms with van der Waals surface area (Å²) in [6.07, 6.45) is 1.01. The number of fused-ring (bicyclic) bond motifs is 2. The zero-order valence-corrected chi connectivity index (χ0v) is 16.2. The molecular formula is C20H6N12. The van der Waals surface area contributed by atoms with Crippen molar-refractivity contribution in [1.29, 1.82) is 31.6 Å². The second-order valence-corrected chi connectivity index (χ2v) is 5.97. The van der Waals surface area contributed by atoms with Gasteiger partial charge in [-0.3, -0.25) is 0 Å². The van der Waals surface area contributed by atoms with Crippen LogP contribution in [0.2, 0.25) is 0 Å². The number of hydrogen-bond donors (Lipinski definition) is 0. The maximum absolute atomic E-state index is 9.46. The van der Waals surface area contributed by atoms with Gasteiger partial charge in [-0.15, -0.1) is 0 Å². The first kappa shape index (κ1) is 20.9. The van der Waals surface area contributed by atoms with Crippen molar-refractivity contribution in [3.63, 3.8) is 0 Å². The molecule has 0 N–H and O–H groups in total. The molecule has 0 saturated carbocycles. The zero-order valence-electron chi connectivity index (χ0n) is 16.2. The van der Waals surface area contributed by atoms with Crippen molar-refractivity contribution in [2.45, 2.75) is 13.3 Å². The third-order valence-electron chi connectivity index (χ3n) is 4.10. The van der Waals surface area contributed by atoms with Crippen LogP contribution in [0.3, 0.4) is 0 Å². The van der Waals surface area contributed by atoms with Gasteiger partial charge in [-0.2, -0.15) is 31.6 Å². The summed E-state index contributed by atoms with van der Waals surface area (Å²) >= 11 is 0. The van der Waals surface area contributed by atoms with Crippen molar-refractivity contribution in [1.82, 2.24) is 19.9 Å². The summed E-state index contributed by atoms with van der Waals surface area (Å²) in [6, 6.07) is 10.7. The minimum atomic E-state index is -0.340. The maximum Gasteiger partial charge on any atom is 0.177 e. The minimum absolute atomic E-state index is 0.0424. The van der Waals surface area contributed by atoms with Gasteiger partial charge in [-0.25, -0.2) is 29.9 Å². The highest BCUT2D eigenvalue weighted by Crippen LogP contribution is 2.19. The van der Waals surface area contributed by atoms with Gasteiger partial charge in [0.2, 0.25) is 0 Å². The van der Waals surface area contributed by atoms with E-state index in [1.54, 1.807) is 36.4 Å². The summed E-state index contributed by atoms with van der Waals surface area (Å²) in [7, 11) is 0. The average molecular weight is 414 g/mol. The molecule has 0 bridgehead atoms. The normalized spacial score (nSPS) is 17.0. The molecule has 0 fully saturated rings. The molecule has 12 heteroatoms. The van der Waals surface area contributed by atoms with Gasteiger partial charge in [0.15, 0.2) is 34.2 Å². The molecule has 12 nitrogen and oxygen atoms in total. The van der Waals surface area contributed by atoms with Crippen LogP contribution in [-0.4, -0.2) is 31.9 Å². The van der Waals surface area contributed by atoms with Crippen molar-refractivity contribution < 1.29 is 0 Å². The van der Waals surface area contributed by atoms with E-state index in [9.17, 15) is 31.6 Å². The van der Waals surface area contributed by atoms with Gasteiger partial charge < -0.3 is 0 Å². The van der Waals surface area contributed by atoms with E-state index in [1.807, 2.05) is 0 Å². The second-order valence-electron chi connectivity index (χ2n) is 5.97. The average Bonchev–Trinajstić information content (AvgIpc) is 2.84. The lowest BCUT2D eigenvalue weighted by Gasteiger charge is -2.10. The van der Waals surface area contributed by atoms with Crippen molar-refractivity contribution in [2.24, 2.45) is 9.98 Å². The number of nitriles is 6. The monoisotopic (exact) mass is 414 g/mol. The fourth-order valence-corrected chi connectivity index (χ4v) is 2.69. The molecule has 1 aliphatic heterocycles. The quantitative estimate of drug-likeness (QED) is 0.591. The number of hydrogen-bond acceptors (Lipinski definition) is 12. The second kappa shape index (κ2) is 8.68. The van der Waals surface area contributed by atoms with E-state index in [-0.39, 0.29) is 69.1 Å². The summed E-state index contributed by atoms with van der Waals surface area (Å²) in [5.41, 5.74) is -1.07. The number of aliphatic imine (C=N–C) groups is 2. The van der Waals surface area contributed by atoms with Gasteiger partial charge in [0.05, 0.1) is 23.3 Å². The largest absolute Gasteiger partial charge is 0.240 e. The standard InChI is InChI=1S/C20H6N12/c1-10-20-12(30-17(7-25)18(8-26)32-20)2-11-19(31-16(6-24)15(5-23)29-11)9-27-13(3-21)14(4-22)28-10/h9H,2H2,1H3/b14-13-,27-9+,28-10+. The van der Waals surface area contributed by atoms with Crippen molar-refractivity contribution in [3.05, 3.63) is 56.9 Å². The molecule has 0 aromatic carbocycles. The van der Waals surface area contributed by atoms with Gasteiger partial charge in [0.1, 0.15) is 47.8 Å². The Bertz CT molecular complexity index is 1520. The predicted octanol–water partition coefficient (Wildman–Crippen LogP) is 0.844. The van der Waals surface area contributed by atoms with Crippen LogP contribution in [0.1, 0.15) is 52.5 Å². The number of nitrogens with zero attached hydrogens (tertiary/aromatic N) is 12. The van der Waals surface area contributed by atoms with Crippen LogP contribution in [0.25, 0.3) is 0 Å². The van der Waals surface area contributed by atoms with Crippen LogP contribution < -0.4 is 0 Å². The highest BCUT2D eigenvalue weighted by molar-refractivity contribution is 5.99. The van der Waals surface area contributed by atoms with Crippen molar-refractivity contribution in [3.8, 4) is 36.4 Å². The Morgan fingerprint density at radius 1 is 0.656 bits per heavy atom. The van der Waals surface area contributed by atoms with E-state index in [2.05, 4.69) is 29.9 Å². The van der Waals surface area contributed by atoms with E-state index < -0.39 is 0 Å². The molecule has 0 unspecified atom stereocenters. The Hall–Kier alpha value is -5.82. The molecule has 0 spiro atoms. The lowest BCUT2D eigenvalue weighted by Crippen LogP contribution is -2.14. The van der Waals surface area contributed by atoms with E-state index in [1.165, 1.54) is 6.92 Å². The molecule has 2 aromatic rings. The Labute approximate surface area is 180 Å². The first-order valence-corrected chi connectivity index (χ1v) is 8.56. The van der Waals surface area contributed by atoms with Gasteiger partial charge in [-0.1, -0.05) is 0 Å². The Kier molecular flexibility index (Phi) is 5.67. The third kappa shape index (κ3) is 3.71. The number of allylic oxidation sites excluding steroid dienone is 2. The van der Waals surface area contributed by atoms with Crippen LogP contribution in [0.4, 0.5) is 0 Å². The van der Waals surface area contributed by atoms with Crippen LogP contribution in [0, 0.1) is 68.0 Å². The van der Waals surface area contributed by atoms with Crippen LogP contribution in [0.15, 0.2) is 21.4 Å². The molecule has 3 heterocycles. The highest BCUT2D eigenvalue weighted by Gasteiger charge is 2.21. The minimum Gasteiger partial charge on any atom is -0.240 e. The molecule has 146 valence electrons. The Morgan fingerprint density at radius 3 is 1.75 bits per heavy atom. The number of rotatable bonds is 0. The molecule has 32 heavy (non-hydrogen) atoms. The van der Waals surface area contributed by atoms with Gasteiger partial charge in [0.25, 0.3) is 0 Å². The maximum atomic E-state index is 9.46. The smallest absolute Gasteiger partial charge is 0.177 e. The van der Waals surface area contributed by atoms with Gasteiger partial charge >= 0.3 is 0 Å². The Balaban J connectivity index is 2.47. The lowest BCUT2D eigenvalue weighted by molar-refractivity contribution is 0.930. The van der Waals surface area contributed by atoms with E-state index >= 15 is 0 Å². The third-order valence-corrected chi connectivity index (χ3v) is 4.10. The summed E-state index contributed by atoms with van der Waals surface area (Å²) < 4.78 is 0. The first-order valence-electron chi connectivity index (χ1n) is 8.56. The highest BCUT2D eigenvalue weighted by atomic mass is 14.9. The number of aromatic nitrogens is 4. The van der Waals surface area contributed by atoms with Crippen LogP contribution in [0.5, 0.6) is 0 Å². The van der Waals surface area contributed by atoms with Crippen molar-refractivity contribution >= 4 is 11.9 Å². The molecule has 0 amide bonds. The van der Waals surface area contributed by atoms with E-state index in [4.69, 9.17) is 0 Å². The SMILES string of the molecule is C\C1=N/C(C#N)=C(C#N)\N=C\c2nc(C#N)c(C#N)nc2Cc2nc(C#N)c(C#N)nc21. The van der Waals surface area contributed by atoms with Gasteiger partial charge in [-0.05, 0) is 6.92 Å². The fraction of sp³-hybridized carbons (Fsp3) is 0.100. The first-order chi connectivity index (χ1) is 15.5. The lowest BCUT2D eigenvalue weighted by atomic mass is 10.1. The molecular weight excluding hydrogens is 408 g/mol. The van der Waals surface area contributed by atoms with Gasteiger partial charge in [0, 0.05) is 6.42 Å². The topological polar surface area (TPSA) is 219 Å². The summed E-state index contributed by atoms with van der Waals surface area (Å²) in [5.74, 6) is 0. The van der Waals surface area contributed by atoms with Crippen molar-refractivity contribution in [2.75, 3.05) is 0 Å². The van der Waals surface area contributed by atoms with Crippen LogP contribution in [-0.2, 0) is 6.42 Å². The summed E-state index contributed by atoms with van der Waals surface area (Å²) in [6.45, 7) is 1.49. The van der Waals surface area contributed by atoms with Crippen LogP contribution >= 0.6 is 0 Å². The molecule has 0 atom stereocenters. The molecule has 0 saturated heterocycles. The molecule has 0 aliphatic carbocycles. The predicted molar refractivity (Wildman–Crippen MR) is 104 cm³/mol. The Morgan fingerprint density at radius 2 is 1.19 bits per heavy atom. The van der Waals surface area contributed by atoms with E-state index in [0.29, 0.717) is 0 Å². The fourth-order valence-electron chi connectivity index (χ4n) is 2.69.